The first-order valence-electron chi connectivity index (χ1n) is 5.59. The normalized spacial score (nSPS) is 45.4. The highest BCUT2D eigenvalue weighted by Crippen LogP contribution is 2.71. The zero-order chi connectivity index (χ0) is 11.7. The molecule has 3 saturated heterocycles. The van der Waals surface area contributed by atoms with Gasteiger partial charge in [-0.3, -0.25) is 0 Å². The summed E-state index contributed by atoms with van der Waals surface area (Å²) in [5, 5.41) is 0. The Labute approximate surface area is 109 Å². The zero-order valence-corrected chi connectivity index (χ0v) is 17.3. The van der Waals surface area contributed by atoms with Gasteiger partial charge in [-0.15, -0.1) is 0 Å². The average molecular weight is 327 g/mol. The van der Waals surface area contributed by atoms with Gasteiger partial charge >= 0.3 is 0 Å². The minimum Gasteiger partial charge on any atom is -0.186 e. The van der Waals surface area contributed by atoms with Crippen molar-refractivity contribution in [1.29, 1.82) is 0 Å². The SMILES string of the molecule is C[Si]12S[Si](C)(C)C([Si](C)(C)S1)[Si](C)(C)S2. The van der Waals surface area contributed by atoms with E-state index in [9.17, 15) is 0 Å². The van der Waals surface area contributed by atoms with Crippen LogP contribution in [0.25, 0.3) is 0 Å². The molecule has 0 atom stereocenters. The van der Waals surface area contributed by atoms with Crippen molar-refractivity contribution in [2.24, 2.45) is 0 Å². The predicted molar refractivity (Wildman–Crippen MR) is 90.6 cm³/mol. The molecule has 0 amide bonds. The summed E-state index contributed by atoms with van der Waals surface area (Å²) in [6.07, 6.45) is 0. The van der Waals surface area contributed by atoms with E-state index in [1.165, 1.54) is 4.79 Å². The molecule has 0 saturated carbocycles. The fourth-order valence-corrected chi connectivity index (χ4v) is 144. The second-order valence-corrected chi connectivity index (χ2v) is 48.3. The monoisotopic (exact) mass is 326 g/mol. The van der Waals surface area contributed by atoms with E-state index in [4.69, 9.17) is 0 Å². The highest BCUT2D eigenvalue weighted by Gasteiger charge is 2.67. The molecule has 88 valence electrons. The lowest BCUT2D eigenvalue weighted by molar-refractivity contribution is 1.47. The van der Waals surface area contributed by atoms with Crippen LogP contribution < -0.4 is 0 Å². The van der Waals surface area contributed by atoms with E-state index in [-0.39, 0.29) is 0 Å². The van der Waals surface area contributed by atoms with Gasteiger partial charge in [0.1, 0.15) is 21.7 Å². The molecule has 15 heavy (non-hydrogen) atoms. The minimum atomic E-state index is -1.02. The Morgan fingerprint density at radius 1 is 0.600 bits per heavy atom. The molecule has 0 spiro atoms. The Bertz CT molecular complexity index is 248. The van der Waals surface area contributed by atoms with E-state index < -0.39 is 27.2 Å². The molecule has 3 heterocycles. The van der Waals surface area contributed by atoms with E-state index in [1.807, 2.05) is 0 Å². The van der Waals surface area contributed by atoms with Crippen LogP contribution in [-0.4, -0.2) is 27.2 Å². The van der Waals surface area contributed by atoms with E-state index >= 15 is 0 Å². The molecule has 3 rings (SSSR count). The van der Waals surface area contributed by atoms with Crippen LogP contribution in [0.15, 0.2) is 0 Å². The second-order valence-electron chi connectivity index (χ2n) is 6.41. The van der Waals surface area contributed by atoms with Gasteiger partial charge in [0.25, 0.3) is 0 Å². The topological polar surface area (TPSA) is 0 Å². The van der Waals surface area contributed by atoms with Crippen LogP contribution in [0.5, 0.6) is 0 Å². The molecular weight excluding hydrogens is 305 g/mol. The van der Waals surface area contributed by atoms with Crippen molar-refractivity contribution in [3.63, 3.8) is 0 Å². The first kappa shape index (κ1) is 13.4. The van der Waals surface area contributed by atoms with Crippen molar-refractivity contribution in [3.05, 3.63) is 0 Å². The van der Waals surface area contributed by atoms with Gasteiger partial charge in [-0.2, -0.15) is 32.0 Å². The molecule has 3 aliphatic rings. The Morgan fingerprint density at radius 2 is 0.867 bits per heavy atom. The maximum Gasteiger partial charge on any atom is 0.218 e. The highest BCUT2D eigenvalue weighted by atomic mass is 32.9. The lowest BCUT2D eigenvalue weighted by Crippen LogP contribution is -2.67. The van der Waals surface area contributed by atoms with E-state index in [0.29, 0.717) is 0 Å². The fourth-order valence-electron chi connectivity index (χ4n) is 4.18. The Balaban J connectivity index is 2.51. The zero-order valence-electron chi connectivity index (χ0n) is 10.8. The molecule has 3 fully saturated rings. The number of fused-ring (bicyclic) bond motifs is 3. The lowest BCUT2D eigenvalue weighted by Gasteiger charge is -2.63. The molecule has 7 heteroatoms. The Hall–Kier alpha value is 1.92. The molecule has 0 unspecified atom stereocenters. The quantitative estimate of drug-likeness (QED) is 0.584. The van der Waals surface area contributed by atoms with Crippen molar-refractivity contribution in [3.8, 4) is 0 Å². The molecule has 0 nitrogen and oxygen atoms in total. The molecule has 0 aromatic heterocycles. The van der Waals surface area contributed by atoms with Gasteiger partial charge in [0.05, 0.1) is 0 Å². The summed E-state index contributed by atoms with van der Waals surface area (Å²) in [5.74, 6) is 0. The third-order valence-electron chi connectivity index (χ3n) is 3.43. The summed E-state index contributed by atoms with van der Waals surface area (Å²) in [5.41, 5.74) is -1.02. The first-order valence-corrected chi connectivity index (χ1v) is 24.1. The standard InChI is InChI=1S/C8H22S3Si4/c1-12(2)8-13(3,4)10-15(7,9-12)11-14(8,5)6/h8H,1-7H3. The number of rotatable bonds is 0. The van der Waals surface area contributed by atoms with Crippen molar-refractivity contribution >= 4 is 59.2 Å². The van der Waals surface area contributed by atoms with Gasteiger partial charge in [-0.1, -0.05) is 39.3 Å². The van der Waals surface area contributed by atoms with Gasteiger partial charge in [-0.25, -0.2) is 0 Å². The number of hydrogen-bond acceptors (Lipinski definition) is 3. The van der Waals surface area contributed by atoms with Crippen LogP contribution in [0.4, 0.5) is 0 Å². The molecular formula is C8H22S3Si4. The van der Waals surface area contributed by atoms with Crippen molar-refractivity contribution < 1.29 is 0 Å². The van der Waals surface area contributed by atoms with Crippen LogP contribution in [0.1, 0.15) is 0 Å². The first-order chi connectivity index (χ1) is 6.49. The van der Waals surface area contributed by atoms with Crippen molar-refractivity contribution in [2.45, 2.75) is 50.6 Å². The van der Waals surface area contributed by atoms with Gasteiger partial charge in [-0.05, 0) is 11.3 Å². The van der Waals surface area contributed by atoms with E-state index in [2.05, 4.69) is 77.8 Å². The van der Waals surface area contributed by atoms with Gasteiger partial charge in [0, 0.05) is 0 Å². The second kappa shape index (κ2) is 3.48. The van der Waals surface area contributed by atoms with Gasteiger partial charge in [0.15, 0.2) is 0 Å². The summed E-state index contributed by atoms with van der Waals surface area (Å²) >= 11 is 0. The average Bonchev–Trinajstić information content (AvgIpc) is 1.67. The summed E-state index contributed by atoms with van der Waals surface area (Å²) < 4.78 is 0. The van der Waals surface area contributed by atoms with Gasteiger partial charge < -0.3 is 0 Å². The van der Waals surface area contributed by atoms with E-state index in [1.54, 1.807) is 0 Å². The largest absolute Gasteiger partial charge is 0.218 e. The van der Waals surface area contributed by atoms with Gasteiger partial charge in [0.2, 0.25) is 5.52 Å². The molecule has 0 N–H and O–H groups in total. The summed E-state index contributed by atoms with van der Waals surface area (Å²) in [6.45, 7) is 18.7. The lowest BCUT2D eigenvalue weighted by atomic mass is 11.7. The molecule has 0 aromatic rings. The van der Waals surface area contributed by atoms with Crippen LogP contribution in [0.3, 0.4) is 0 Å². The predicted octanol–water partition coefficient (Wildman–Crippen LogP) is 4.85. The van der Waals surface area contributed by atoms with Crippen LogP contribution in [0, 0.1) is 0 Å². The number of hydrogen-bond donors (Lipinski definition) is 0. The van der Waals surface area contributed by atoms with Crippen molar-refractivity contribution in [2.75, 3.05) is 0 Å². The molecule has 3 aliphatic heterocycles. The molecule has 2 bridgehead atoms. The molecule has 0 aliphatic carbocycles. The molecule has 0 radical (unpaired) electrons. The molecule has 0 aromatic carbocycles. The minimum absolute atomic E-state index is 0.953. The third-order valence-corrected chi connectivity index (χ3v) is 75.0. The summed E-state index contributed by atoms with van der Waals surface area (Å²) in [4.78, 5) is 1.21. The Morgan fingerprint density at radius 3 is 1.07 bits per heavy atom. The van der Waals surface area contributed by atoms with Crippen LogP contribution in [0.2, 0.25) is 50.6 Å². The van der Waals surface area contributed by atoms with Crippen LogP contribution in [-0.2, 0) is 0 Å². The summed E-state index contributed by atoms with van der Waals surface area (Å²) in [6, 6.07) is 0. The van der Waals surface area contributed by atoms with Crippen molar-refractivity contribution in [1.82, 2.24) is 0 Å². The fraction of sp³-hybridized carbons (Fsp3) is 1.00. The highest BCUT2D eigenvalue weighted by molar-refractivity contribution is 8.99. The smallest absolute Gasteiger partial charge is 0.186 e. The van der Waals surface area contributed by atoms with E-state index in [0.717, 1.165) is 0 Å². The third kappa shape index (κ3) is 2.14. The van der Waals surface area contributed by atoms with Crippen LogP contribution >= 0.6 is 32.0 Å². The Kier molecular flexibility index (Phi) is 3.09. The maximum atomic E-state index is 2.68. The maximum absolute atomic E-state index is 2.68. The summed E-state index contributed by atoms with van der Waals surface area (Å²) in [7, 11) is 4.70.